The van der Waals surface area contributed by atoms with Crippen LogP contribution in [0.1, 0.15) is 46.5 Å². The third-order valence-corrected chi connectivity index (χ3v) is 5.28. The van der Waals surface area contributed by atoms with E-state index in [1.54, 1.807) is 5.57 Å². The zero-order valence-corrected chi connectivity index (χ0v) is 8.41. The number of hydrogen-bond donors (Lipinski definition) is 0. The van der Waals surface area contributed by atoms with Crippen molar-refractivity contribution in [2.45, 2.75) is 46.5 Å². The van der Waals surface area contributed by atoms with Gasteiger partial charge >= 0.3 is 0 Å². The first kappa shape index (κ1) is 7.17. The fourth-order valence-corrected chi connectivity index (χ4v) is 4.29. The van der Waals surface area contributed by atoms with Crippen LogP contribution in [0.15, 0.2) is 11.1 Å². The molecule has 0 nitrogen and oxygen atoms in total. The Morgan fingerprint density at radius 3 is 2.50 bits per heavy atom. The van der Waals surface area contributed by atoms with Crippen molar-refractivity contribution in [3.05, 3.63) is 11.1 Å². The summed E-state index contributed by atoms with van der Waals surface area (Å²) in [5, 5.41) is 0. The van der Waals surface area contributed by atoms with E-state index in [4.69, 9.17) is 0 Å². The van der Waals surface area contributed by atoms with Crippen molar-refractivity contribution in [2.75, 3.05) is 0 Å². The van der Waals surface area contributed by atoms with Gasteiger partial charge in [-0.2, -0.15) is 0 Å². The van der Waals surface area contributed by atoms with E-state index in [0.29, 0.717) is 10.8 Å². The van der Waals surface area contributed by atoms with Crippen molar-refractivity contribution in [1.29, 1.82) is 0 Å². The van der Waals surface area contributed by atoms with Gasteiger partial charge in [-0.3, -0.25) is 0 Å². The van der Waals surface area contributed by atoms with Crippen LogP contribution in [0.2, 0.25) is 0 Å². The van der Waals surface area contributed by atoms with Crippen LogP contribution in [0.5, 0.6) is 0 Å². The summed E-state index contributed by atoms with van der Waals surface area (Å²) in [4.78, 5) is 0. The fraction of sp³-hybridized carbons (Fsp3) is 0.833. The van der Waals surface area contributed by atoms with Gasteiger partial charge in [-0.05, 0) is 43.9 Å². The van der Waals surface area contributed by atoms with Gasteiger partial charge in [0, 0.05) is 5.41 Å². The van der Waals surface area contributed by atoms with Crippen LogP contribution in [-0.4, -0.2) is 0 Å². The maximum atomic E-state index is 2.50. The third-order valence-electron chi connectivity index (χ3n) is 5.28. The Morgan fingerprint density at radius 2 is 2.08 bits per heavy atom. The first-order valence-corrected chi connectivity index (χ1v) is 5.27. The monoisotopic (exact) mass is 162 g/mol. The third kappa shape index (κ3) is 0.471. The molecule has 0 aromatic heterocycles. The molecule has 2 atom stereocenters. The van der Waals surface area contributed by atoms with E-state index in [9.17, 15) is 0 Å². The highest BCUT2D eigenvalue weighted by atomic mass is 14.7. The summed E-state index contributed by atoms with van der Waals surface area (Å²) in [6, 6.07) is 0. The standard InChI is InChI=1S/C12H18/c1-8-7-12-5-4-9(6-10(8)12)11(12,2)3/h9H,4-7H2,1-3H3. The van der Waals surface area contributed by atoms with Crippen molar-refractivity contribution in [2.24, 2.45) is 16.7 Å². The van der Waals surface area contributed by atoms with Crippen molar-refractivity contribution in [3.8, 4) is 0 Å². The molecule has 0 saturated heterocycles. The molecule has 0 N–H and O–H groups in total. The van der Waals surface area contributed by atoms with Crippen LogP contribution in [0.3, 0.4) is 0 Å². The Morgan fingerprint density at radius 1 is 1.33 bits per heavy atom. The molecule has 3 aliphatic carbocycles. The van der Waals surface area contributed by atoms with Gasteiger partial charge in [-0.15, -0.1) is 0 Å². The summed E-state index contributed by atoms with van der Waals surface area (Å²) >= 11 is 0. The molecule has 3 rings (SSSR count). The Bertz CT molecular complexity index is 282. The van der Waals surface area contributed by atoms with Gasteiger partial charge in [0.1, 0.15) is 0 Å². The smallest absolute Gasteiger partial charge is 0.000564 e. The van der Waals surface area contributed by atoms with Gasteiger partial charge in [0.05, 0.1) is 0 Å². The summed E-state index contributed by atoms with van der Waals surface area (Å²) in [6.45, 7) is 7.35. The number of hydrogen-bond acceptors (Lipinski definition) is 0. The predicted molar refractivity (Wildman–Crippen MR) is 50.9 cm³/mol. The van der Waals surface area contributed by atoms with Crippen LogP contribution in [0.25, 0.3) is 0 Å². The first-order valence-electron chi connectivity index (χ1n) is 5.27. The molecule has 2 saturated carbocycles. The van der Waals surface area contributed by atoms with Crippen LogP contribution >= 0.6 is 0 Å². The van der Waals surface area contributed by atoms with Crippen LogP contribution < -0.4 is 0 Å². The summed E-state index contributed by atoms with van der Waals surface area (Å²) in [6.07, 6.45) is 5.87. The van der Waals surface area contributed by atoms with Gasteiger partial charge in [0.25, 0.3) is 0 Å². The second-order valence-electron chi connectivity index (χ2n) is 5.68. The molecular weight excluding hydrogens is 144 g/mol. The lowest BCUT2D eigenvalue weighted by Gasteiger charge is -2.47. The van der Waals surface area contributed by atoms with E-state index in [-0.39, 0.29) is 0 Å². The highest BCUT2D eigenvalue weighted by Gasteiger charge is 2.65. The fourth-order valence-electron chi connectivity index (χ4n) is 4.29. The minimum atomic E-state index is 0.641. The highest BCUT2D eigenvalue weighted by Crippen LogP contribution is 2.75. The SMILES string of the molecule is CC1=C2CC3CCC2(C1)C3(C)C. The first-order chi connectivity index (χ1) is 5.58. The van der Waals surface area contributed by atoms with Crippen molar-refractivity contribution in [1.82, 2.24) is 0 Å². The number of allylic oxidation sites excluding steroid dienone is 2. The summed E-state index contributed by atoms with van der Waals surface area (Å²) in [7, 11) is 0. The van der Waals surface area contributed by atoms with E-state index >= 15 is 0 Å². The van der Waals surface area contributed by atoms with Crippen molar-refractivity contribution < 1.29 is 0 Å². The van der Waals surface area contributed by atoms with E-state index < -0.39 is 0 Å². The predicted octanol–water partition coefficient (Wildman–Crippen LogP) is 3.53. The second kappa shape index (κ2) is 1.66. The largest absolute Gasteiger partial charge is 0.0726 e. The molecule has 0 aliphatic heterocycles. The molecule has 66 valence electrons. The molecule has 0 radical (unpaired) electrons. The molecule has 0 amide bonds. The zero-order valence-electron chi connectivity index (χ0n) is 8.41. The minimum Gasteiger partial charge on any atom is -0.0726 e. The molecule has 2 bridgehead atoms. The van der Waals surface area contributed by atoms with Gasteiger partial charge in [0.2, 0.25) is 0 Å². The van der Waals surface area contributed by atoms with Crippen LogP contribution in [0.4, 0.5) is 0 Å². The molecule has 0 heteroatoms. The summed E-state index contributed by atoms with van der Waals surface area (Å²) < 4.78 is 0. The maximum absolute atomic E-state index is 2.50. The summed E-state index contributed by atoms with van der Waals surface area (Å²) in [5.41, 5.74) is 4.93. The van der Waals surface area contributed by atoms with Crippen LogP contribution in [-0.2, 0) is 0 Å². The van der Waals surface area contributed by atoms with Gasteiger partial charge in [-0.1, -0.05) is 25.0 Å². The van der Waals surface area contributed by atoms with Crippen LogP contribution in [0, 0.1) is 16.7 Å². The molecular formula is C12H18. The number of fused-ring (bicyclic) bond motifs is 1. The molecule has 3 aliphatic rings. The zero-order chi connectivity index (χ0) is 8.56. The average Bonchev–Trinajstić information content (AvgIpc) is 2.32. The Labute approximate surface area is 75.0 Å². The normalized spacial score (nSPS) is 47.8. The Kier molecular flexibility index (Phi) is 0.995. The molecule has 12 heavy (non-hydrogen) atoms. The Balaban J connectivity index is 2.17. The van der Waals surface area contributed by atoms with Crippen molar-refractivity contribution >= 4 is 0 Å². The Hall–Kier alpha value is -0.260. The molecule has 2 unspecified atom stereocenters. The molecule has 2 fully saturated rings. The van der Waals surface area contributed by atoms with Gasteiger partial charge < -0.3 is 0 Å². The lowest BCUT2D eigenvalue weighted by Crippen LogP contribution is -2.37. The van der Waals surface area contributed by atoms with E-state index in [1.807, 2.05) is 5.57 Å². The van der Waals surface area contributed by atoms with Gasteiger partial charge in [-0.25, -0.2) is 0 Å². The maximum Gasteiger partial charge on any atom is 0.000564 e. The molecule has 0 heterocycles. The number of rotatable bonds is 0. The van der Waals surface area contributed by atoms with Gasteiger partial charge in [0.15, 0.2) is 0 Å². The minimum absolute atomic E-state index is 0.641. The second-order valence-corrected chi connectivity index (χ2v) is 5.68. The van der Waals surface area contributed by atoms with E-state index in [0.717, 1.165) is 5.92 Å². The topological polar surface area (TPSA) is 0 Å². The molecule has 0 aromatic carbocycles. The average molecular weight is 162 g/mol. The van der Waals surface area contributed by atoms with Crippen molar-refractivity contribution in [3.63, 3.8) is 0 Å². The summed E-state index contributed by atoms with van der Waals surface area (Å²) in [5.74, 6) is 1.02. The quantitative estimate of drug-likeness (QED) is 0.478. The molecule has 0 aromatic rings. The molecule has 1 spiro atoms. The van der Waals surface area contributed by atoms with E-state index in [2.05, 4.69) is 20.8 Å². The van der Waals surface area contributed by atoms with E-state index in [1.165, 1.54) is 25.7 Å². The highest BCUT2D eigenvalue weighted by molar-refractivity contribution is 5.43. The lowest BCUT2D eigenvalue weighted by molar-refractivity contribution is 0.137. The lowest BCUT2D eigenvalue weighted by atomic mass is 9.57.